The van der Waals surface area contributed by atoms with Crippen LogP contribution in [0.3, 0.4) is 0 Å². The van der Waals surface area contributed by atoms with Gasteiger partial charge in [0, 0.05) is 6.07 Å². The molecule has 0 aliphatic heterocycles. The number of aromatic nitrogens is 1. The van der Waals surface area contributed by atoms with Crippen LogP contribution >= 0.6 is 0 Å². The number of carbonyl (C=O) groups is 1. The average Bonchev–Trinajstić information content (AvgIpc) is 2.83. The summed E-state index contributed by atoms with van der Waals surface area (Å²) in [5, 5.41) is 6.54. The highest BCUT2D eigenvalue weighted by molar-refractivity contribution is 5.94. The Labute approximate surface area is 125 Å². The lowest BCUT2D eigenvalue weighted by atomic mass is 9.96. The molecule has 1 N–H and O–H groups in total. The molecule has 2 rings (SSSR count). The molecular formula is C17H22N2O2. The van der Waals surface area contributed by atoms with Crippen LogP contribution in [-0.4, -0.2) is 11.1 Å². The van der Waals surface area contributed by atoms with Crippen molar-refractivity contribution in [3.63, 3.8) is 0 Å². The number of aryl methyl sites for hydroxylation is 1. The van der Waals surface area contributed by atoms with E-state index in [0.29, 0.717) is 17.5 Å². The minimum atomic E-state index is -0.227. The minimum absolute atomic E-state index is 0.0834. The second-order valence-corrected chi connectivity index (χ2v) is 5.87. The van der Waals surface area contributed by atoms with Crippen LogP contribution in [0.1, 0.15) is 43.6 Å². The predicted molar refractivity (Wildman–Crippen MR) is 83.3 cm³/mol. The zero-order valence-electron chi connectivity index (χ0n) is 13.0. The first-order chi connectivity index (χ1) is 9.95. The molecule has 2 aromatic rings. The molecule has 0 fully saturated rings. The van der Waals surface area contributed by atoms with E-state index in [1.807, 2.05) is 19.1 Å². The standard InChI is InChI=1S/C17H22N2O2/c1-11(2)9-14-5-7-15(8-6-14)13(4)17(20)18-16-10-12(3)21-19-16/h5-8,10-11,13H,9H2,1-4H3,(H,18,19,20)/t13-/m0/s1. The van der Waals surface area contributed by atoms with Gasteiger partial charge in [-0.1, -0.05) is 43.3 Å². The van der Waals surface area contributed by atoms with Gasteiger partial charge < -0.3 is 9.84 Å². The van der Waals surface area contributed by atoms with E-state index in [2.05, 4.69) is 36.5 Å². The summed E-state index contributed by atoms with van der Waals surface area (Å²) in [6, 6.07) is 9.95. The summed E-state index contributed by atoms with van der Waals surface area (Å²) < 4.78 is 4.94. The van der Waals surface area contributed by atoms with Crippen molar-refractivity contribution < 1.29 is 9.32 Å². The Hall–Kier alpha value is -2.10. The quantitative estimate of drug-likeness (QED) is 0.906. The molecule has 0 unspecified atom stereocenters. The third-order valence-electron chi connectivity index (χ3n) is 3.40. The highest BCUT2D eigenvalue weighted by atomic mass is 16.5. The number of amides is 1. The molecule has 0 saturated heterocycles. The van der Waals surface area contributed by atoms with Crippen molar-refractivity contribution in [2.24, 2.45) is 5.92 Å². The second kappa shape index (κ2) is 6.57. The molecular weight excluding hydrogens is 264 g/mol. The van der Waals surface area contributed by atoms with E-state index >= 15 is 0 Å². The van der Waals surface area contributed by atoms with Crippen molar-refractivity contribution in [2.75, 3.05) is 5.32 Å². The van der Waals surface area contributed by atoms with E-state index < -0.39 is 0 Å². The van der Waals surface area contributed by atoms with Crippen LogP contribution in [0, 0.1) is 12.8 Å². The minimum Gasteiger partial charge on any atom is -0.360 e. The highest BCUT2D eigenvalue weighted by Gasteiger charge is 2.16. The summed E-state index contributed by atoms with van der Waals surface area (Å²) in [6.45, 7) is 8.08. The van der Waals surface area contributed by atoms with Crippen molar-refractivity contribution in [2.45, 2.75) is 40.0 Å². The number of hydrogen-bond donors (Lipinski definition) is 1. The van der Waals surface area contributed by atoms with Gasteiger partial charge in [0.05, 0.1) is 5.92 Å². The van der Waals surface area contributed by atoms with E-state index in [-0.39, 0.29) is 11.8 Å². The average molecular weight is 286 g/mol. The number of carbonyl (C=O) groups excluding carboxylic acids is 1. The van der Waals surface area contributed by atoms with E-state index in [1.54, 1.807) is 13.0 Å². The first-order valence-corrected chi connectivity index (χ1v) is 7.28. The van der Waals surface area contributed by atoms with Crippen LogP contribution in [0.2, 0.25) is 0 Å². The van der Waals surface area contributed by atoms with Gasteiger partial charge in [-0.2, -0.15) is 0 Å². The molecule has 0 bridgehead atoms. The lowest BCUT2D eigenvalue weighted by Crippen LogP contribution is -2.19. The summed E-state index contributed by atoms with van der Waals surface area (Å²) in [6.07, 6.45) is 1.05. The van der Waals surface area contributed by atoms with E-state index in [9.17, 15) is 4.79 Å². The third-order valence-corrected chi connectivity index (χ3v) is 3.40. The normalized spacial score (nSPS) is 12.4. The molecule has 4 heteroatoms. The van der Waals surface area contributed by atoms with Crippen LogP contribution in [0.5, 0.6) is 0 Å². The Balaban J connectivity index is 2.01. The van der Waals surface area contributed by atoms with Crippen LogP contribution < -0.4 is 5.32 Å². The number of rotatable bonds is 5. The fourth-order valence-electron chi connectivity index (χ4n) is 2.22. The monoisotopic (exact) mass is 286 g/mol. The van der Waals surface area contributed by atoms with Gasteiger partial charge in [-0.25, -0.2) is 0 Å². The van der Waals surface area contributed by atoms with Crippen molar-refractivity contribution in [3.05, 3.63) is 47.2 Å². The van der Waals surface area contributed by atoms with E-state index in [0.717, 1.165) is 12.0 Å². The number of benzene rings is 1. The Morgan fingerprint density at radius 2 is 1.90 bits per heavy atom. The summed E-state index contributed by atoms with van der Waals surface area (Å²) >= 11 is 0. The van der Waals surface area contributed by atoms with Gasteiger partial charge in [0.25, 0.3) is 0 Å². The number of anilines is 1. The summed E-state index contributed by atoms with van der Waals surface area (Å²) in [7, 11) is 0. The largest absolute Gasteiger partial charge is 0.360 e. The number of nitrogens with one attached hydrogen (secondary N) is 1. The Morgan fingerprint density at radius 1 is 1.24 bits per heavy atom. The Bertz CT molecular complexity index is 600. The molecule has 1 atom stereocenters. The van der Waals surface area contributed by atoms with Gasteiger partial charge in [0.1, 0.15) is 5.76 Å². The van der Waals surface area contributed by atoms with Crippen molar-refractivity contribution in [1.82, 2.24) is 5.16 Å². The first-order valence-electron chi connectivity index (χ1n) is 7.28. The molecule has 0 radical (unpaired) electrons. The molecule has 0 spiro atoms. The molecule has 4 nitrogen and oxygen atoms in total. The lowest BCUT2D eigenvalue weighted by Gasteiger charge is -2.12. The van der Waals surface area contributed by atoms with Crippen molar-refractivity contribution in [1.29, 1.82) is 0 Å². The summed E-state index contributed by atoms with van der Waals surface area (Å²) in [5.74, 6) is 1.46. The van der Waals surface area contributed by atoms with Gasteiger partial charge in [-0.15, -0.1) is 0 Å². The van der Waals surface area contributed by atoms with Crippen LogP contribution in [0.15, 0.2) is 34.9 Å². The second-order valence-electron chi connectivity index (χ2n) is 5.87. The van der Waals surface area contributed by atoms with Crippen molar-refractivity contribution >= 4 is 11.7 Å². The zero-order valence-corrected chi connectivity index (χ0v) is 13.0. The topological polar surface area (TPSA) is 55.1 Å². The first kappa shape index (κ1) is 15.3. The summed E-state index contributed by atoms with van der Waals surface area (Å²) in [5.41, 5.74) is 2.30. The molecule has 112 valence electrons. The molecule has 0 aliphatic rings. The molecule has 1 aromatic carbocycles. The maximum absolute atomic E-state index is 12.2. The number of nitrogens with zero attached hydrogens (tertiary/aromatic N) is 1. The third kappa shape index (κ3) is 4.18. The van der Waals surface area contributed by atoms with Crippen molar-refractivity contribution in [3.8, 4) is 0 Å². The van der Waals surface area contributed by atoms with Gasteiger partial charge in [0.2, 0.25) is 5.91 Å². The molecule has 0 aliphatic carbocycles. The van der Waals surface area contributed by atoms with Crippen LogP contribution in [-0.2, 0) is 11.2 Å². The molecule has 1 aromatic heterocycles. The maximum Gasteiger partial charge on any atom is 0.232 e. The van der Waals surface area contributed by atoms with Gasteiger partial charge in [0.15, 0.2) is 5.82 Å². The van der Waals surface area contributed by atoms with Gasteiger partial charge >= 0.3 is 0 Å². The molecule has 1 amide bonds. The highest BCUT2D eigenvalue weighted by Crippen LogP contribution is 2.19. The maximum atomic E-state index is 12.2. The molecule has 1 heterocycles. The molecule has 0 saturated carbocycles. The van der Waals surface area contributed by atoms with Crippen LogP contribution in [0.25, 0.3) is 0 Å². The lowest BCUT2D eigenvalue weighted by molar-refractivity contribution is -0.117. The van der Waals surface area contributed by atoms with Gasteiger partial charge in [-0.05, 0) is 37.3 Å². The zero-order chi connectivity index (χ0) is 15.4. The number of hydrogen-bond acceptors (Lipinski definition) is 3. The Morgan fingerprint density at radius 3 is 2.43 bits per heavy atom. The SMILES string of the molecule is Cc1cc(NC(=O)[C@@H](C)c2ccc(CC(C)C)cc2)no1. The fourth-order valence-corrected chi connectivity index (χ4v) is 2.22. The Kier molecular flexibility index (Phi) is 4.78. The van der Waals surface area contributed by atoms with Gasteiger partial charge in [-0.3, -0.25) is 4.79 Å². The fraction of sp³-hybridized carbons (Fsp3) is 0.412. The summed E-state index contributed by atoms with van der Waals surface area (Å²) in [4.78, 5) is 12.2. The smallest absolute Gasteiger partial charge is 0.232 e. The predicted octanol–water partition coefficient (Wildman–Crippen LogP) is 3.92. The molecule has 21 heavy (non-hydrogen) atoms. The van der Waals surface area contributed by atoms with E-state index in [1.165, 1.54) is 5.56 Å². The van der Waals surface area contributed by atoms with Crippen LogP contribution in [0.4, 0.5) is 5.82 Å². The van der Waals surface area contributed by atoms with E-state index in [4.69, 9.17) is 4.52 Å².